The van der Waals surface area contributed by atoms with Crippen LogP contribution in [-0.2, 0) is 6.18 Å². The fourth-order valence-electron chi connectivity index (χ4n) is 4.25. The second-order valence-electron chi connectivity index (χ2n) is 10.6. The minimum atomic E-state index is -4.42. The van der Waals surface area contributed by atoms with Crippen LogP contribution in [0.3, 0.4) is 0 Å². The molecule has 1 aromatic heterocycles. The standard InChI is InChI=1S/C24H15F3N2O2.C10H21N3/c25-24(26,27)18-8-5-16(6-9-18)20-3-1-2-4-21(20)23(31)29-19-10-7-17-11-15(14-30)13-28-22(17)12-19;1-11(2)7-10(8-12(3)4)9-13(5)6/h1-14H,(H,29,31);7-9H,1-6H3/q;+2. The molecule has 0 atom stereocenters. The Labute approximate surface area is 255 Å². The Morgan fingerprint density at radius 1 is 0.886 bits per heavy atom. The third kappa shape index (κ3) is 9.72. The van der Waals surface area contributed by atoms with Crippen LogP contribution in [0.25, 0.3) is 22.0 Å². The van der Waals surface area contributed by atoms with Crippen molar-refractivity contribution in [2.45, 2.75) is 6.18 Å². The van der Waals surface area contributed by atoms with Gasteiger partial charge in [-0.15, -0.1) is 0 Å². The van der Waals surface area contributed by atoms with E-state index in [9.17, 15) is 22.8 Å². The highest BCUT2D eigenvalue weighted by molar-refractivity contribution is 6.09. The highest BCUT2D eigenvalue weighted by atomic mass is 19.4. The molecule has 0 saturated carbocycles. The molecule has 0 saturated heterocycles. The number of hydrogen-bond donors (Lipinski definition) is 1. The van der Waals surface area contributed by atoms with Crippen molar-refractivity contribution < 1.29 is 31.9 Å². The average Bonchev–Trinajstić information content (AvgIpc) is 2.95. The molecule has 4 rings (SSSR count). The quantitative estimate of drug-likeness (QED) is 0.157. The van der Waals surface area contributed by atoms with Crippen molar-refractivity contribution in [3.05, 3.63) is 107 Å². The predicted octanol–water partition coefficient (Wildman–Crippen LogP) is 6.10. The Hall–Kier alpha value is -5.12. The van der Waals surface area contributed by atoms with E-state index in [0.29, 0.717) is 39.7 Å². The molecule has 0 bridgehead atoms. The summed E-state index contributed by atoms with van der Waals surface area (Å²) in [4.78, 5) is 30.0. The molecule has 0 unspecified atom stereocenters. The number of alkyl halides is 3. The molecule has 0 aliphatic rings. The molecular formula is C34H36F3N5O2+2. The molecule has 10 heteroatoms. The van der Waals surface area contributed by atoms with Gasteiger partial charge in [-0.25, -0.2) is 9.15 Å². The number of halogens is 3. The number of carbonyl (C=O) groups excluding carboxylic acids is 2. The molecule has 1 heterocycles. The van der Waals surface area contributed by atoms with Gasteiger partial charge >= 0.3 is 6.18 Å². The van der Waals surface area contributed by atoms with E-state index in [1.807, 2.05) is 56.3 Å². The van der Waals surface area contributed by atoms with Crippen molar-refractivity contribution in [2.75, 3.05) is 47.6 Å². The molecule has 1 amide bonds. The molecule has 4 aromatic rings. The monoisotopic (exact) mass is 603 g/mol. The fraction of sp³-hybridized carbons (Fsp3) is 0.206. The zero-order valence-corrected chi connectivity index (χ0v) is 25.6. The lowest BCUT2D eigenvalue weighted by molar-refractivity contribution is -0.462. The van der Waals surface area contributed by atoms with Crippen molar-refractivity contribution in [2.24, 2.45) is 0 Å². The number of carbonyl (C=O) groups is 2. The highest BCUT2D eigenvalue weighted by Crippen LogP contribution is 2.32. The summed E-state index contributed by atoms with van der Waals surface area (Å²) in [5.41, 5.74) is 3.34. The first-order valence-corrected chi connectivity index (χ1v) is 13.6. The lowest BCUT2D eigenvalue weighted by Crippen LogP contribution is -2.13. The smallest absolute Gasteiger partial charge is 0.383 e. The highest BCUT2D eigenvalue weighted by Gasteiger charge is 2.30. The number of amides is 1. The number of rotatable bonds is 7. The van der Waals surface area contributed by atoms with E-state index in [0.717, 1.165) is 17.5 Å². The number of benzene rings is 3. The summed E-state index contributed by atoms with van der Waals surface area (Å²) in [6.45, 7) is 0. The number of aldehydes is 1. The Bertz CT molecular complexity index is 1700. The van der Waals surface area contributed by atoms with Crippen LogP contribution < -0.4 is 5.32 Å². The molecule has 0 aliphatic heterocycles. The number of nitrogens with one attached hydrogen (secondary N) is 1. The summed E-state index contributed by atoms with van der Waals surface area (Å²) < 4.78 is 42.6. The second kappa shape index (κ2) is 14.9. The number of nitrogens with zero attached hydrogens (tertiary/aromatic N) is 4. The third-order valence-electron chi connectivity index (χ3n) is 6.02. The normalized spacial score (nSPS) is 10.6. The van der Waals surface area contributed by atoms with Crippen molar-refractivity contribution in [1.29, 1.82) is 0 Å². The van der Waals surface area contributed by atoms with Crippen LogP contribution in [0.4, 0.5) is 18.9 Å². The first-order chi connectivity index (χ1) is 20.8. The van der Waals surface area contributed by atoms with E-state index in [-0.39, 0.29) is 0 Å². The van der Waals surface area contributed by atoms with Gasteiger partial charge in [0.1, 0.15) is 33.8 Å². The van der Waals surface area contributed by atoms with Crippen LogP contribution >= 0.6 is 0 Å². The Morgan fingerprint density at radius 3 is 2.09 bits per heavy atom. The van der Waals surface area contributed by atoms with Crippen LogP contribution in [0.15, 0.2) is 90.8 Å². The molecule has 0 spiro atoms. The molecule has 0 radical (unpaired) electrons. The van der Waals surface area contributed by atoms with Gasteiger partial charge in [-0.1, -0.05) is 36.4 Å². The van der Waals surface area contributed by atoms with Crippen LogP contribution in [-0.4, -0.2) is 85.9 Å². The maximum absolute atomic E-state index is 12.9. The minimum absolute atomic E-state index is 0.326. The summed E-state index contributed by atoms with van der Waals surface area (Å²) in [7, 11) is 12.1. The van der Waals surface area contributed by atoms with Crippen LogP contribution in [0.2, 0.25) is 0 Å². The zero-order valence-electron chi connectivity index (χ0n) is 25.6. The van der Waals surface area contributed by atoms with Crippen molar-refractivity contribution in [3.63, 3.8) is 0 Å². The Morgan fingerprint density at radius 2 is 1.52 bits per heavy atom. The van der Waals surface area contributed by atoms with Gasteiger partial charge in [-0.3, -0.25) is 14.6 Å². The van der Waals surface area contributed by atoms with Gasteiger partial charge in [0.15, 0.2) is 18.7 Å². The van der Waals surface area contributed by atoms with E-state index in [1.165, 1.54) is 23.9 Å². The third-order valence-corrected chi connectivity index (χ3v) is 6.02. The lowest BCUT2D eigenvalue weighted by atomic mass is 9.98. The molecule has 1 N–H and O–H groups in total. The molecule has 44 heavy (non-hydrogen) atoms. The number of fused-ring (bicyclic) bond motifs is 1. The van der Waals surface area contributed by atoms with Crippen LogP contribution in [0, 0.1) is 0 Å². The summed E-state index contributed by atoms with van der Waals surface area (Å²) in [5, 5.41) is 3.55. The van der Waals surface area contributed by atoms with E-state index >= 15 is 0 Å². The molecule has 0 aliphatic carbocycles. The summed E-state index contributed by atoms with van der Waals surface area (Å²) >= 11 is 0. The van der Waals surface area contributed by atoms with E-state index in [1.54, 1.807) is 48.5 Å². The van der Waals surface area contributed by atoms with Crippen molar-refractivity contribution in [3.8, 4) is 11.1 Å². The number of anilines is 1. The van der Waals surface area contributed by atoms with Gasteiger partial charge < -0.3 is 10.2 Å². The molecule has 228 valence electrons. The fourth-order valence-corrected chi connectivity index (χ4v) is 4.25. The van der Waals surface area contributed by atoms with Crippen molar-refractivity contribution >= 4 is 41.2 Å². The number of aromatic nitrogens is 1. The second-order valence-corrected chi connectivity index (χ2v) is 10.6. The SMILES string of the molecule is CN(C)C=C(C=[N+](C)C)C=[N+](C)C.O=Cc1cnc2cc(NC(=O)c3ccccc3-c3ccc(C(F)(F)F)cc3)ccc2c1. The largest absolute Gasteiger partial charge is 0.416 e. The first-order valence-electron chi connectivity index (χ1n) is 13.6. The summed E-state index contributed by atoms with van der Waals surface area (Å²) in [5.74, 6) is -0.403. The van der Waals surface area contributed by atoms with E-state index in [2.05, 4.69) is 28.9 Å². The van der Waals surface area contributed by atoms with Gasteiger partial charge in [-0.2, -0.15) is 13.2 Å². The number of allylic oxidation sites excluding steroid dienone is 1. The number of hydrogen-bond acceptors (Lipinski definition) is 4. The van der Waals surface area contributed by atoms with Crippen LogP contribution in [0.1, 0.15) is 26.3 Å². The van der Waals surface area contributed by atoms with Gasteiger partial charge in [-0.05, 0) is 47.5 Å². The topological polar surface area (TPSA) is 68.3 Å². The lowest BCUT2D eigenvalue weighted by Gasteiger charge is -2.12. The maximum atomic E-state index is 12.9. The predicted molar refractivity (Wildman–Crippen MR) is 170 cm³/mol. The maximum Gasteiger partial charge on any atom is 0.416 e. The van der Waals surface area contributed by atoms with Crippen LogP contribution in [0.5, 0.6) is 0 Å². The summed E-state index contributed by atoms with van der Waals surface area (Å²) in [6, 6.07) is 18.2. The Balaban J connectivity index is 0.000000345. The van der Waals surface area contributed by atoms with Gasteiger partial charge in [0.2, 0.25) is 0 Å². The Kier molecular flexibility index (Phi) is 11.3. The molecule has 3 aromatic carbocycles. The van der Waals surface area contributed by atoms with Gasteiger partial charge in [0.25, 0.3) is 5.91 Å². The van der Waals surface area contributed by atoms with Gasteiger partial charge in [0.05, 0.1) is 11.1 Å². The average molecular weight is 604 g/mol. The van der Waals surface area contributed by atoms with E-state index in [4.69, 9.17) is 0 Å². The minimum Gasteiger partial charge on any atom is -0.383 e. The molecule has 0 fully saturated rings. The van der Waals surface area contributed by atoms with Crippen molar-refractivity contribution in [1.82, 2.24) is 9.88 Å². The zero-order chi connectivity index (χ0) is 32.4. The van der Waals surface area contributed by atoms with E-state index < -0.39 is 17.6 Å². The first kappa shape index (κ1) is 33.4. The summed E-state index contributed by atoms with van der Waals surface area (Å²) in [6.07, 6.45) is 3.98. The molecular weight excluding hydrogens is 567 g/mol. The van der Waals surface area contributed by atoms with Gasteiger partial charge in [0, 0.05) is 48.7 Å². The molecule has 7 nitrogen and oxygen atoms in total. The number of pyridine rings is 1.